The molecule has 0 atom stereocenters. The number of carbonyl (C=O) groups excluding carboxylic acids is 2. The lowest BCUT2D eigenvalue weighted by atomic mass is 10.2. The number of aromatic nitrogens is 2. The number of nitrogens with one attached hydrogen (secondary N) is 2. The number of thiophene rings is 1. The number of carbonyl (C=O) groups is 2. The van der Waals surface area contributed by atoms with E-state index < -0.39 is 0 Å². The van der Waals surface area contributed by atoms with Crippen LogP contribution in [0.1, 0.15) is 44.6 Å². The number of halogens is 1. The Bertz CT molecular complexity index is 1260. The van der Waals surface area contributed by atoms with Crippen molar-refractivity contribution in [3.05, 3.63) is 82.1 Å². The van der Waals surface area contributed by atoms with E-state index in [4.69, 9.17) is 0 Å². The minimum atomic E-state index is -0.278. The van der Waals surface area contributed by atoms with Crippen molar-refractivity contribution in [3.63, 3.8) is 0 Å². The monoisotopic (exact) mass is 450 g/mol. The molecule has 6 nitrogen and oxygen atoms in total. The summed E-state index contributed by atoms with van der Waals surface area (Å²) in [5, 5.41) is 11.2. The fraction of sp³-hybridized carbons (Fsp3) is 0.208. The van der Waals surface area contributed by atoms with E-state index >= 15 is 0 Å². The standard InChI is InChI=1S/C24H23FN4O2S/c1-3-12-26-22(30)17-6-10-19(11-7-17)27-23(31)21-13-20-15(2)28-29(24(20)32-21)14-16-4-8-18(25)9-5-16/h4-11,13H,3,12,14H2,1-2H3,(H,26,30)(H,27,31). The highest BCUT2D eigenvalue weighted by Gasteiger charge is 2.17. The molecule has 4 rings (SSSR count). The van der Waals surface area contributed by atoms with Gasteiger partial charge in [-0.2, -0.15) is 5.10 Å². The highest BCUT2D eigenvalue weighted by Crippen LogP contribution is 2.29. The van der Waals surface area contributed by atoms with Crippen molar-refractivity contribution in [3.8, 4) is 0 Å². The van der Waals surface area contributed by atoms with Crippen LogP contribution in [0, 0.1) is 12.7 Å². The van der Waals surface area contributed by atoms with Crippen molar-refractivity contribution in [2.24, 2.45) is 0 Å². The number of nitrogens with zero attached hydrogens (tertiary/aromatic N) is 2. The van der Waals surface area contributed by atoms with Crippen LogP contribution in [0.2, 0.25) is 0 Å². The molecule has 0 unspecified atom stereocenters. The van der Waals surface area contributed by atoms with E-state index in [9.17, 15) is 14.0 Å². The van der Waals surface area contributed by atoms with Crippen LogP contribution < -0.4 is 10.6 Å². The first-order valence-corrected chi connectivity index (χ1v) is 11.2. The summed E-state index contributed by atoms with van der Waals surface area (Å²) in [5.74, 6) is -0.627. The van der Waals surface area contributed by atoms with Crippen molar-refractivity contribution in [2.45, 2.75) is 26.8 Å². The molecule has 0 spiro atoms. The predicted octanol–water partition coefficient (Wildman–Crippen LogP) is 4.99. The maximum atomic E-state index is 13.2. The van der Waals surface area contributed by atoms with E-state index in [-0.39, 0.29) is 17.6 Å². The van der Waals surface area contributed by atoms with Crippen LogP contribution in [-0.4, -0.2) is 28.1 Å². The fourth-order valence-electron chi connectivity index (χ4n) is 3.33. The van der Waals surface area contributed by atoms with Gasteiger partial charge in [0.25, 0.3) is 11.8 Å². The number of hydrogen-bond donors (Lipinski definition) is 2. The second kappa shape index (κ2) is 9.32. The average Bonchev–Trinajstić information content (AvgIpc) is 3.35. The van der Waals surface area contributed by atoms with E-state index in [0.29, 0.717) is 29.2 Å². The van der Waals surface area contributed by atoms with Gasteiger partial charge in [0.1, 0.15) is 10.6 Å². The molecule has 0 saturated carbocycles. The first-order valence-electron chi connectivity index (χ1n) is 10.4. The van der Waals surface area contributed by atoms with Crippen LogP contribution in [0.5, 0.6) is 0 Å². The van der Waals surface area contributed by atoms with Crippen LogP contribution in [0.4, 0.5) is 10.1 Å². The number of anilines is 1. The zero-order chi connectivity index (χ0) is 22.7. The summed E-state index contributed by atoms with van der Waals surface area (Å²) in [4.78, 5) is 26.3. The number of rotatable bonds is 7. The van der Waals surface area contributed by atoms with Crippen molar-refractivity contribution in [2.75, 3.05) is 11.9 Å². The smallest absolute Gasteiger partial charge is 0.265 e. The van der Waals surface area contributed by atoms with Crippen LogP contribution in [0.15, 0.2) is 54.6 Å². The van der Waals surface area contributed by atoms with Crippen LogP contribution in [0.25, 0.3) is 10.2 Å². The van der Waals surface area contributed by atoms with Crippen LogP contribution in [-0.2, 0) is 6.54 Å². The summed E-state index contributed by atoms with van der Waals surface area (Å²) in [6, 6.07) is 15.0. The van der Waals surface area contributed by atoms with Gasteiger partial charge in [-0.3, -0.25) is 14.3 Å². The molecule has 0 aliphatic heterocycles. The highest BCUT2D eigenvalue weighted by molar-refractivity contribution is 7.20. The van der Waals surface area contributed by atoms with Crippen LogP contribution in [0.3, 0.4) is 0 Å². The lowest BCUT2D eigenvalue weighted by Crippen LogP contribution is -2.23. The van der Waals surface area contributed by atoms with E-state index in [0.717, 1.165) is 27.9 Å². The lowest BCUT2D eigenvalue weighted by Gasteiger charge is -2.06. The Morgan fingerprint density at radius 3 is 2.47 bits per heavy atom. The molecule has 2 heterocycles. The maximum absolute atomic E-state index is 13.2. The van der Waals surface area contributed by atoms with Gasteiger partial charge >= 0.3 is 0 Å². The Hall–Kier alpha value is -3.52. The molecular formula is C24H23FN4O2S. The Balaban J connectivity index is 1.49. The number of hydrogen-bond acceptors (Lipinski definition) is 4. The van der Waals surface area contributed by atoms with Crippen LogP contribution >= 0.6 is 11.3 Å². The largest absolute Gasteiger partial charge is 0.352 e. The first kappa shape index (κ1) is 21.7. The summed E-state index contributed by atoms with van der Waals surface area (Å²) >= 11 is 1.36. The maximum Gasteiger partial charge on any atom is 0.265 e. The average molecular weight is 451 g/mol. The van der Waals surface area contributed by atoms with E-state index in [2.05, 4.69) is 15.7 Å². The molecule has 0 aliphatic rings. The van der Waals surface area contributed by atoms with E-state index in [1.165, 1.54) is 23.5 Å². The topological polar surface area (TPSA) is 76.0 Å². The van der Waals surface area contributed by atoms with Gasteiger partial charge in [0.15, 0.2) is 0 Å². The minimum Gasteiger partial charge on any atom is -0.352 e. The van der Waals surface area contributed by atoms with Gasteiger partial charge in [0, 0.05) is 23.2 Å². The minimum absolute atomic E-state index is 0.129. The fourth-order valence-corrected chi connectivity index (χ4v) is 4.39. The molecule has 0 fully saturated rings. The molecule has 0 aliphatic carbocycles. The van der Waals surface area contributed by atoms with E-state index in [1.807, 2.05) is 24.6 Å². The number of fused-ring (bicyclic) bond motifs is 1. The molecule has 0 saturated heterocycles. The van der Waals surface area contributed by atoms with Crippen molar-refractivity contribution < 1.29 is 14.0 Å². The molecule has 2 amide bonds. The lowest BCUT2D eigenvalue weighted by molar-refractivity contribution is 0.0953. The Labute approximate surface area is 189 Å². The molecule has 164 valence electrons. The molecule has 4 aromatic rings. The summed E-state index contributed by atoms with van der Waals surface area (Å²) in [6.07, 6.45) is 0.871. The highest BCUT2D eigenvalue weighted by atomic mass is 32.1. The third-order valence-electron chi connectivity index (χ3n) is 5.02. The summed E-state index contributed by atoms with van der Waals surface area (Å²) in [5.41, 5.74) is 2.93. The predicted molar refractivity (Wildman–Crippen MR) is 125 cm³/mol. The number of benzene rings is 2. The Kier molecular flexibility index (Phi) is 6.32. The van der Waals surface area contributed by atoms with Gasteiger partial charge < -0.3 is 10.6 Å². The molecule has 2 aromatic heterocycles. The summed E-state index contributed by atoms with van der Waals surface area (Å²) < 4.78 is 15.0. The third-order valence-corrected chi connectivity index (χ3v) is 6.16. The number of amides is 2. The van der Waals surface area contributed by atoms with Gasteiger partial charge in [0.2, 0.25) is 0 Å². The van der Waals surface area contributed by atoms with Gasteiger partial charge in [-0.15, -0.1) is 11.3 Å². The quantitative estimate of drug-likeness (QED) is 0.417. The molecule has 0 radical (unpaired) electrons. The van der Waals surface area contributed by atoms with Gasteiger partial charge in [-0.25, -0.2) is 4.39 Å². The van der Waals surface area contributed by atoms with Gasteiger partial charge in [0.05, 0.1) is 17.1 Å². The van der Waals surface area contributed by atoms with Gasteiger partial charge in [-0.05, 0) is 61.4 Å². The normalized spacial score (nSPS) is 11.0. The molecule has 2 aromatic carbocycles. The molecule has 0 bridgehead atoms. The van der Waals surface area contributed by atoms with Crippen molar-refractivity contribution in [1.82, 2.24) is 15.1 Å². The molecule has 2 N–H and O–H groups in total. The first-order chi connectivity index (χ1) is 15.4. The number of aryl methyl sites for hydroxylation is 1. The summed E-state index contributed by atoms with van der Waals surface area (Å²) in [7, 11) is 0. The zero-order valence-electron chi connectivity index (χ0n) is 17.8. The second-order valence-corrected chi connectivity index (χ2v) is 8.52. The Morgan fingerprint density at radius 2 is 1.78 bits per heavy atom. The van der Waals surface area contributed by atoms with Crippen molar-refractivity contribution in [1.29, 1.82) is 0 Å². The Morgan fingerprint density at radius 1 is 1.06 bits per heavy atom. The zero-order valence-corrected chi connectivity index (χ0v) is 18.6. The third kappa shape index (κ3) is 4.70. The van der Waals surface area contributed by atoms with Crippen molar-refractivity contribution >= 4 is 39.1 Å². The molecular weight excluding hydrogens is 427 g/mol. The SMILES string of the molecule is CCCNC(=O)c1ccc(NC(=O)c2cc3c(C)nn(Cc4ccc(F)cc4)c3s2)cc1. The van der Waals surface area contributed by atoms with E-state index in [1.54, 1.807) is 36.4 Å². The molecule has 8 heteroatoms. The molecule has 32 heavy (non-hydrogen) atoms. The van der Waals surface area contributed by atoms with Gasteiger partial charge in [-0.1, -0.05) is 19.1 Å². The second-order valence-electron chi connectivity index (χ2n) is 7.49. The summed E-state index contributed by atoms with van der Waals surface area (Å²) in [6.45, 7) is 5.02.